The van der Waals surface area contributed by atoms with E-state index < -0.39 is 17.6 Å². The van der Waals surface area contributed by atoms with Gasteiger partial charge in [-0.3, -0.25) is 14.2 Å². The smallest absolute Gasteiger partial charge is 0.416 e. The molecule has 0 saturated heterocycles. The number of carbonyl (C=O) groups excluding carboxylic acids is 1. The van der Waals surface area contributed by atoms with E-state index in [4.69, 9.17) is 4.42 Å². The molecule has 0 unspecified atom stereocenters. The molecule has 4 aromatic rings. The highest BCUT2D eigenvalue weighted by Crippen LogP contribution is 2.31. The number of hydrogen-bond donors (Lipinski definition) is 1. The lowest BCUT2D eigenvalue weighted by atomic mass is 10.2. The van der Waals surface area contributed by atoms with E-state index in [0.29, 0.717) is 28.2 Å². The number of fused-ring (bicyclic) bond motifs is 3. The first kappa shape index (κ1) is 21.0. The van der Waals surface area contributed by atoms with E-state index in [1.54, 1.807) is 31.2 Å². The third kappa shape index (κ3) is 4.15. The number of nitrogens with one attached hydrogen (secondary N) is 1. The number of carbonyl (C=O) groups is 1. The molecule has 0 bridgehead atoms. The third-order valence-electron chi connectivity index (χ3n) is 4.57. The Balaban J connectivity index is 1.58. The number of thioether (sulfide) groups is 1. The van der Waals surface area contributed by atoms with Crippen LogP contribution in [0.3, 0.4) is 0 Å². The molecule has 0 spiro atoms. The summed E-state index contributed by atoms with van der Waals surface area (Å²) in [4.78, 5) is 29.7. The topological polar surface area (TPSA) is 77.1 Å². The van der Waals surface area contributed by atoms with Gasteiger partial charge in [-0.2, -0.15) is 13.2 Å². The fourth-order valence-electron chi connectivity index (χ4n) is 3.14. The zero-order valence-electron chi connectivity index (χ0n) is 16.2. The molecular formula is C21H16F3N3O3S. The summed E-state index contributed by atoms with van der Waals surface area (Å²) in [6.45, 7) is 2.08. The molecule has 2 heterocycles. The molecule has 160 valence electrons. The summed E-state index contributed by atoms with van der Waals surface area (Å²) in [6, 6.07) is 11.5. The van der Waals surface area contributed by atoms with Crippen LogP contribution in [0.1, 0.15) is 12.5 Å². The van der Waals surface area contributed by atoms with Crippen molar-refractivity contribution < 1.29 is 22.4 Å². The van der Waals surface area contributed by atoms with Crippen LogP contribution in [0.5, 0.6) is 0 Å². The van der Waals surface area contributed by atoms with Crippen molar-refractivity contribution in [1.82, 2.24) is 9.55 Å². The van der Waals surface area contributed by atoms with Gasteiger partial charge in [-0.05, 0) is 37.3 Å². The fourth-order valence-corrected chi connectivity index (χ4v) is 4.00. The second kappa shape index (κ2) is 8.10. The summed E-state index contributed by atoms with van der Waals surface area (Å²) in [5.74, 6) is -0.650. The maximum atomic E-state index is 12.8. The quantitative estimate of drug-likeness (QED) is 0.347. The number of alkyl halides is 3. The van der Waals surface area contributed by atoms with Gasteiger partial charge in [0, 0.05) is 17.6 Å². The molecule has 6 nitrogen and oxygen atoms in total. The van der Waals surface area contributed by atoms with E-state index in [-0.39, 0.29) is 22.6 Å². The van der Waals surface area contributed by atoms with Crippen molar-refractivity contribution in [2.75, 3.05) is 11.1 Å². The van der Waals surface area contributed by atoms with Crippen LogP contribution in [0.2, 0.25) is 0 Å². The number of aromatic nitrogens is 2. The Morgan fingerprint density at radius 1 is 1.19 bits per heavy atom. The van der Waals surface area contributed by atoms with Gasteiger partial charge in [-0.25, -0.2) is 4.98 Å². The Morgan fingerprint density at radius 2 is 1.97 bits per heavy atom. The van der Waals surface area contributed by atoms with Gasteiger partial charge >= 0.3 is 6.18 Å². The molecule has 0 saturated carbocycles. The second-order valence-corrected chi connectivity index (χ2v) is 7.58. The van der Waals surface area contributed by atoms with Crippen LogP contribution >= 0.6 is 11.8 Å². The first-order valence-electron chi connectivity index (χ1n) is 9.30. The Labute approximate surface area is 178 Å². The van der Waals surface area contributed by atoms with E-state index in [0.717, 1.165) is 23.9 Å². The zero-order valence-corrected chi connectivity index (χ0v) is 17.0. The summed E-state index contributed by atoms with van der Waals surface area (Å²) in [7, 11) is 0. The number of hydrogen-bond acceptors (Lipinski definition) is 5. The molecule has 0 fully saturated rings. The van der Waals surface area contributed by atoms with E-state index in [1.165, 1.54) is 16.7 Å². The minimum absolute atomic E-state index is 0.0394. The lowest BCUT2D eigenvalue weighted by Crippen LogP contribution is -2.23. The number of para-hydroxylation sites is 1. The minimum atomic E-state index is -4.50. The molecule has 4 rings (SSSR count). The molecule has 0 aliphatic heterocycles. The molecule has 0 aliphatic carbocycles. The molecule has 2 aromatic carbocycles. The van der Waals surface area contributed by atoms with Crippen molar-refractivity contribution in [3.63, 3.8) is 0 Å². The highest BCUT2D eigenvalue weighted by Gasteiger charge is 2.30. The largest absolute Gasteiger partial charge is 0.448 e. The van der Waals surface area contributed by atoms with Crippen molar-refractivity contribution in [2.24, 2.45) is 0 Å². The maximum Gasteiger partial charge on any atom is 0.416 e. The van der Waals surface area contributed by atoms with Crippen LogP contribution in [0.4, 0.5) is 18.9 Å². The Morgan fingerprint density at radius 3 is 2.71 bits per heavy atom. The third-order valence-corrected chi connectivity index (χ3v) is 5.55. The van der Waals surface area contributed by atoms with Crippen molar-refractivity contribution >= 4 is 45.4 Å². The molecule has 1 N–H and O–H groups in total. The second-order valence-electron chi connectivity index (χ2n) is 6.64. The Hall–Kier alpha value is -3.27. The number of nitrogens with zero attached hydrogens (tertiary/aromatic N) is 2. The van der Waals surface area contributed by atoms with Crippen LogP contribution in [0.15, 0.2) is 62.9 Å². The number of anilines is 1. The maximum absolute atomic E-state index is 12.8. The number of furan rings is 1. The summed E-state index contributed by atoms with van der Waals surface area (Å²) >= 11 is 1.03. The van der Waals surface area contributed by atoms with Crippen molar-refractivity contribution in [2.45, 2.75) is 24.8 Å². The van der Waals surface area contributed by atoms with Crippen molar-refractivity contribution in [3.05, 3.63) is 64.4 Å². The lowest BCUT2D eigenvalue weighted by molar-refractivity contribution is -0.137. The van der Waals surface area contributed by atoms with Crippen LogP contribution < -0.4 is 10.9 Å². The average molecular weight is 447 g/mol. The van der Waals surface area contributed by atoms with E-state index in [2.05, 4.69) is 10.3 Å². The van der Waals surface area contributed by atoms with Gasteiger partial charge < -0.3 is 9.73 Å². The summed E-state index contributed by atoms with van der Waals surface area (Å²) in [6.07, 6.45) is -4.50. The number of benzene rings is 2. The minimum Gasteiger partial charge on any atom is -0.448 e. The summed E-state index contributed by atoms with van der Waals surface area (Å²) < 4.78 is 45.6. The first-order chi connectivity index (χ1) is 14.8. The predicted octanol–water partition coefficient (Wildman–Crippen LogP) is 4.91. The highest BCUT2D eigenvalue weighted by atomic mass is 32.2. The molecule has 0 aliphatic rings. The molecule has 0 radical (unpaired) electrons. The first-order valence-corrected chi connectivity index (χ1v) is 10.3. The zero-order chi connectivity index (χ0) is 22.2. The number of halogens is 3. The van der Waals surface area contributed by atoms with Crippen LogP contribution in [-0.4, -0.2) is 21.2 Å². The standard InChI is InChI=1S/C21H16F3N3O3S/c1-2-27-19(29)18-17(14-8-3-4-9-15(14)30-18)26-20(27)31-11-16(28)25-13-7-5-6-12(10-13)21(22,23)24/h3-10H,2,11H2,1H3,(H,25,28). The van der Waals surface area contributed by atoms with Crippen molar-refractivity contribution in [1.29, 1.82) is 0 Å². The Bertz CT molecular complexity index is 1340. The number of rotatable bonds is 5. The average Bonchev–Trinajstić information content (AvgIpc) is 3.11. The van der Waals surface area contributed by atoms with E-state index in [9.17, 15) is 22.8 Å². The van der Waals surface area contributed by atoms with Crippen LogP contribution in [0, 0.1) is 0 Å². The Kier molecular flexibility index (Phi) is 5.48. The van der Waals surface area contributed by atoms with Gasteiger partial charge in [0.1, 0.15) is 11.1 Å². The van der Waals surface area contributed by atoms with Gasteiger partial charge in [0.25, 0.3) is 5.56 Å². The molecule has 0 atom stereocenters. The fraction of sp³-hybridized carbons (Fsp3) is 0.190. The lowest BCUT2D eigenvalue weighted by Gasteiger charge is -2.11. The summed E-state index contributed by atoms with van der Waals surface area (Å²) in [5.41, 5.74) is -0.0835. The monoisotopic (exact) mass is 447 g/mol. The molecule has 2 aromatic heterocycles. The SMILES string of the molecule is CCn1c(SCC(=O)Nc2cccc(C(F)(F)F)c2)nc2c(oc3ccccc32)c1=O. The molecule has 10 heteroatoms. The highest BCUT2D eigenvalue weighted by molar-refractivity contribution is 7.99. The van der Waals surface area contributed by atoms with Crippen LogP contribution in [-0.2, 0) is 17.5 Å². The molecular weight excluding hydrogens is 431 g/mol. The van der Waals surface area contributed by atoms with Gasteiger partial charge in [-0.1, -0.05) is 30.0 Å². The molecule has 31 heavy (non-hydrogen) atoms. The van der Waals surface area contributed by atoms with Gasteiger partial charge in [0.2, 0.25) is 11.5 Å². The molecule has 1 amide bonds. The van der Waals surface area contributed by atoms with E-state index in [1.807, 2.05) is 0 Å². The van der Waals surface area contributed by atoms with Crippen LogP contribution in [0.25, 0.3) is 22.1 Å². The number of amides is 1. The van der Waals surface area contributed by atoms with Gasteiger partial charge in [0.05, 0.1) is 11.3 Å². The van der Waals surface area contributed by atoms with E-state index >= 15 is 0 Å². The van der Waals surface area contributed by atoms with Gasteiger partial charge in [0.15, 0.2) is 5.16 Å². The summed E-state index contributed by atoms with van der Waals surface area (Å²) in [5, 5.41) is 3.46. The van der Waals surface area contributed by atoms with Crippen molar-refractivity contribution in [3.8, 4) is 0 Å². The predicted molar refractivity (Wildman–Crippen MR) is 112 cm³/mol. The van der Waals surface area contributed by atoms with Gasteiger partial charge in [-0.15, -0.1) is 0 Å². The normalized spacial score (nSPS) is 11.9.